The first-order valence-corrected chi connectivity index (χ1v) is 5.15. The molecule has 0 heterocycles. The number of nitrogens with zero attached hydrogens (tertiary/aromatic N) is 1. The molecule has 0 radical (unpaired) electrons. The van der Waals surface area contributed by atoms with Gasteiger partial charge in [-0.15, -0.1) is 0 Å². The lowest BCUT2D eigenvalue weighted by molar-refractivity contribution is -0.385. The Labute approximate surface area is 98.7 Å². The summed E-state index contributed by atoms with van der Waals surface area (Å²) < 4.78 is 5.18. The van der Waals surface area contributed by atoms with Crippen molar-refractivity contribution in [3.63, 3.8) is 0 Å². The molecule has 0 unspecified atom stereocenters. The number of nitro benzene ring substituents is 1. The van der Waals surface area contributed by atoms with Crippen molar-refractivity contribution in [1.29, 1.82) is 0 Å². The number of hydrogen-bond donors (Lipinski definition) is 1. The van der Waals surface area contributed by atoms with Gasteiger partial charge in [-0.1, -0.05) is 0 Å². The van der Waals surface area contributed by atoms with E-state index in [9.17, 15) is 14.9 Å². The molecule has 0 aromatic heterocycles. The van der Waals surface area contributed by atoms with Crippen molar-refractivity contribution in [2.45, 2.75) is 20.8 Å². The summed E-state index contributed by atoms with van der Waals surface area (Å²) in [6.45, 7) is 5.13. The molecule has 0 atom stereocenters. The minimum Gasteiger partial charge on any atom is -0.487 e. The number of aryl methyl sites for hydroxylation is 1. The van der Waals surface area contributed by atoms with E-state index >= 15 is 0 Å². The van der Waals surface area contributed by atoms with E-state index in [1.54, 1.807) is 13.8 Å². The van der Waals surface area contributed by atoms with Gasteiger partial charge in [0.25, 0.3) is 0 Å². The largest absolute Gasteiger partial charge is 0.487 e. The van der Waals surface area contributed by atoms with E-state index in [0.29, 0.717) is 17.9 Å². The first kappa shape index (κ1) is 13.0. The van der Waals surface area contributed by atoms with Gasteiger partial charge < -0.3 is 10.1 Å². The summed E-state index contributed by atoms with van der Waals surface area (Å²) in [6, 6.07) is 2.86. The Bertz CT molecular complexity index is 457. The molecule has 1 aromatic carbocycles. The summed E-state index contributed by atoms with van der Waals surface area (Å²) in [5, 5.41) is 13.4. The quantitative estimate of drug-likeness (QED) is 0.644. The fourth-order valence-electron chi connectivity index (χ4n) is 1.41. The SMILES string of the molecule is CCOc1cc(NC(C)=O)c(C)cc1[N+](=O)[O-]. The van der Waals surface area contributed by atoms with Crippen molar-refractivity contribution >= 4 is 17.3 Å². The van der Waals surface area contributed by atoms with Crippen LogP contribution in [0.3, 0.4) is 0 Å². The molecule has 0 saturated heterocycles. The van der Waals surface area contributed by atoms with E-state index in [0.717, 1.165) is 0 Å². The van der Waals surface area contributed by atoms with Gasteiger partial charge in [-0.2, -0.15) is 0 Å². The van der Waals surface area contributed by atoms with Crippen LogP contribution in [0.15, 0.2) is 12.1 Å². The number of nitro groups is 1. The van der Waals surface area contributed by atoms with E-state index in [-0.39, 0.29) is 17.3 Å². The van der Waals surface area contributed by atoms with Crippen LogP contribution in [-0.2, 0) is 4.79 Å². The average Bonchev–Trinajstić information content (AvgIpc) is 2.21. The van der Waals surface area contributed by atoms with Crippen molar-refractivity contribution in [2.75, 3.05) is 11.9 Å². The summed E-state index contributed by atoms with van der Waals surface area (Å²) in [5.74, 6) is -0.0729. The van der Waals surface area contributed by atoms with Gasteiger partial charge in [0.05, 0.1) is 11.5 Å². The molecule has 6 heteroatoms. The second-order valence-corrected chi connectivity index (χ2v) is 3.51. The van der Waals surface area contributed by atoms with Gasteiger partial charge >= 0.3 is 5.69 Å². The Balaban J connectivity index is 3.23. The first-order valence-electron chi connectivity index (χ1n) is 5.15. The second-order valence-electron chi connectivity index (χ2n) is 3.51. The molecule has 0 fully saturated rings. The lowest BCUT2D eigenvalue weighted by atomic mass is 10.1. The average molecular weight is 238 g/mol. The van der Waals surface area contributed by atoms with Gasteiger partial charge in [0.2, 0.25) is 5.91 Å². The van der Waals surface area contributed by atoms with E-state index in [1.807, 2.05) is 0 Å². The Morgan fingerprint density at radius 2 is 2.18 bits per heavy atom. The molecule has 0 spiro atoms. The van der Waals surface area contributed by atoms with E-state index in [1.165, 1.54) is 19.1 Å². The predicted molar refractivity (Wildman–Crippen MR) is 63.3 cm³/mol. The van der Waals surface area contributed by atoms with E-state index in [2.05, 4.69) is 5.32 Å². The van der Waals surface area contributed by atoms with Crippen LogP contribution in [0.25, 0.3) is 0 Å². The molecule has 92 valence electrons. The Hall–Kier alpha value is -2.11. The van der Waals surface area contributed by atoms with Crippen LogP contribution in [0.4, 0.5) is 11.4 Å². The van der Waals surface area contributed by atoms with Gasteiger partial charge in [-0.25, -0.2) is 0 Å². The molecule has 0 aliphatic heterocycles. The lowest BCUT2D eigenvalue weighted by Gasteiger charge is -2.10. The van der Waals surface area contributed by atoms with Crippen LogP contribution in [-0.4, -0.2) is 17.4 Å². The van der Waals surface area contributed by atoms with Crippen molar-refractivity contribution in [3.8, 4) is 5.75 Å². The Morgan fingerprint density at radius 1 is 1.53 bits per heavy atom. The molecule has 1 N–H and O–H groups in total. The number of hydrogen-bond acceptors (Lipinski definition) is 4. The van der Waals surface area contributed by atoms with Crippen LogP contribution >= 0.6 is 0 Å². The van der Waals surface area contributed by atoms with Crippen LogP contribution in [0.5, 0.6) is 5.75 Å². The van der Waals surface area contributed by atoms with Gasteiger partial charge in [0.1, 0.15) is 0 Å². The maximum Gasteiger partial charge on any atom is 0.311 e. The fraction of sp³-hybridized carbons (Fsp3) is 0.364. The molecule has 0 aliphatic carbocycles. The molecule has 1 rings (SSSR count). The summed E-state index contributed by atoms with van der Waals surface area (Å²) in [7, 11) is 0. The van der Waals surface area contributed by atoms with Gasteiger partial charge in [0.15, 0.2) is 5.75 Å². The maximum absolute atomic E-state index is 11.0. The topological polar surface area (TPSA) is 81.5 Å². The number of ether oxygens (including phenoxy) is 1. The zero-order valence-corrected chi connectivity index (χ0v) is 9.94. The normalized spacial score (nSPS) is 9.82. The summed E-state index contributed by atoms with van der Waals surface area (Å²) in [5.41, 5.74) is 1.04. The van der Waals surface area contributed by atoms with Gasteiger partial charge in [-0.05, 0) is 19.4 Å². The van der Waals surface area contributed by atoms with Crippen LogP contribution in [0.1, 0.15) is 19.4 Å². The Kier molecular flexibility index (Phi) is 4.03. The molecule has 0 saturated carbocycles. The highest BCUT2D eigenvalue weighted by Crippen LogP contribution is 2.32. The minimum absolute atomic E-state index is 0.0987. The lowest BCUT2D eigenvalue weighted by Crippen LogP contribution is -2.08. The number of anilines is 1. The minimum atomic E-state index is -0.504. The Morgan fingerprint density at radius 3 is 2.65 bits per heavy atom. The third kappa shape index (κ3) is 3.17. The number of amides is 1. The monoisotopic (exact) mass is 238 g/mol. The highest BCUT2D eigenvalue weighted by molar-refractivity contribution is 5.90. The third-order valence-electron chi connectivity index (χ3n) is 2.11. The van der Waals surface area contributed by atoms with E-state index < -0.39 is 4.92 Å². The molecule has 1 aromatic rings. The van der Waals surface area contributed by atoms with Crippen LogP contribution in [0.2, 0.25) is 0 Å². The van der Waals surface area contributed by atoms with Crippen molar-refractivity contribution in [1.82, 2.24) is 0 Å². The second kappa shape index (κ2) is 5.29. The van der Waals surface area contributed by atoms with Crippen LogP contribution < -0.4 is 10.1 Å². The fourth-order valence-corrected chi connectivity index (χ4v) is 1.41. The highest BCUT2D eigenvalue weighted by atomic mass is 16.6. The van der Waals surface area contributed by atoms with Crippen molar-refractivity contribution in [3.05, 3.63) is 27.8 Å². The molecule has 0 bridgehead atoms. The number of rotatable bonds is 4. The highest BCUT2D eigenvalue weighted by Gasteiger charge is 2.18. The standard InChI is InChI=1S/C11H14N2O4/c1-4-17-11-6-9(12-8(3)14)7(2)5-10(11)13(15)16/h5-6H,4H2,1-3H3,(H,12,14). The number of nitrogens with one attached hydrogen (secondary N) is 1. The summed E-state index contributed by atoms with van der Waals surface area (Å²) in [6.07, 6.45) is 0. The summed E-state index contributed by atoms with van der Waals surface area (Å²) in [4.78, 5) is 21.3. The molecule has 17 heavy (non-hydrogen) atoms. The molecular weight excluding hydrogens is 224 g/mol. The predicted octanol–water partition coefficient (Wildman–Crippen LogP) is 2.26. The zero-order valence-electron chi connectivity index (χ0n) is 9.94. The first-order chi connectivity index (χ1) is 7.95. The third-order valence-corrected chi connectivity index (χ3v) is 2.11. The number of benzene rings is 1. The number of carbonyl (C=O) groups is 1. The van der Waals surface area contributed by atoms with Crippen molar-refractivity contribution < 1.29 is 14.5 Å². The zero-order chi connectivity index (χ0) is 13.0. The maximum atomic E-state index is 11.0. The molecule has 6 nitrogen and oxygen atoms in total. The number of carbonyl (C=O) groups excluding carboxylic acids is 1. The molecule has 1 amide bonds. The van der Waals surface area contributed by atoms with Gasteiger partial charge in [-0.3, -0.25) is 14.9 Å². The van der Waals surface area contributed by atoms with Crippen LogP contribution in [0, 0.1) is 17.0 Å². The molecule has 0 aliphatic rings. The van der Waals surface area contributed by atoms with E-state index in [4.69, 9.17) is 4.74 Å². The summed E-state index contributed by atoms with van der Waals surface area (Å²) >= 11 is 0. The van der Waals surface area contributed by atoms with Gasteiger partial charge in [0, 0.05) is 24.7 Å². The van der Waals surface area contributed by atoms with Crippen molar-refractivity contribution in [2.24, 2.45) is 0 Å². The smallest absolute Gasteiger partial charge is 0.311 e. The molecular formula is C11H14N2O4.